The summed E-state index contributed by atoms with van der Waals surface area (Å²) in [6, 6.07) is 23.1. The molecule has 3 aromatic carbocycles. The second-order valence-electron chi connectivity index (χ2n) is 7.63. The number of hydrogen-bond donors (Lipinski definition) is 1. The second-order valence-corrected chi connectivity index (χ2v) is 7.63. The predicted octanol–water partition coefficient (Wildman–Crippen LogP) is 5.73. The molecule has 0 amide bonds. The van der Waals surface area contributed by atoms with Gasteiger partial charge in [-0.25, -0.2) is 4.98 Å². The molecule has 0 saturated carbocycles. The van der Waals surface area contributed by atoms with Gasteiger partial charge in [0, 0.05) is 34.6 Å². The van der Waals surface area contributed by atoms with E-state index in [9.17, 15) is 0 Å². The van der Waals surface area contributed by atoms with Gasteiger partial charge in [0.25, 0.3) is 0 Å². The van der Waals surface area contributed by atoms with E-state index in [1.807, 2.05) is 32.3 Å². The SMILES string of the molecule is Cc1ncc(-c2cccc(Nc3nnc4c5c(cccc35)-c3ccccc3-4)c2)n1C. The van der Waals surface area contributed by atoms with Gasteiger partial charge in [-0.1, -0.05) is 54.6 Å². The maximum atomic E-state index is 4.59. The molecule has 1 aliphatic carbocycles. The zero-order chi connectivity index (χ0) is 20.2. The van der Waals surface area contributed by atoms with Gasteiger partial charge in [-0.3, -0.25) is 0 Å². The lowest BCUT2D eigenvalue weighted by Gasteiger charge is -2.11. The van der Waals surface area contributed by atoms with Crippen LogP contribution in [0.15, 0.2) is 72.9 Å². The largest absolute Gasteiger partial charge is 0.338 e. The van der Waals surface area contributed by atoms with Crippen LogP contribution in [0.5, 0.6) is 0 Å². The molecule has 0 unspecified atom stereocenters. The summed E-state index contributed by atoms with van der Waals surface area (Å²) in [6.07, 6.45) is 1.91. The molecular weight excluding hydrogens is 370 g/mol. The lowest BCUT2D eigenvalue weighted by atomic mass is 10.0. The number of fused-ring (bicyclic) bond motifs is 3. The monoisotopic (exact) mass is 389 g/mol. The van der Waals surface area contributed by atoms with Gasteiger partial charge in [-0.2, -0.15) is 0 Å². The molecule has 144 valence electrons. The fourth-order valence-corrected chi connectivity index (χ4v) is 4.30. The van der Waals surface area contributed by atoms with Crippen LogP contribution in [0.2, 0.25) is 0 Å². The van der Waals surface area contributed by atoms with E-state index in [0.29, 0.717) is 0 Å². The Hall–Kier alpha value is -3.99. The van der Waals surface area contributed by atoms with Gasteiger partial charge in [0.2, 0.25) is 0 Å². The molecule has 30 heavy (non-hydrogen) atoms. The van der Waals surface area contributed by atoms with Gasteiger partial charge >= 0.3 is 0 Å². The molecule has 0 spiro atoms. The average Bonchev–Trinajstić information content (AvgIpc) is 3.29. The highest BCUT2D eigenvalue weighted by Gasteiger charge is 2.24. The molecule has 0 bridgehead atoms. The van der Waals surface area contributed by atoms with Gasteiger partial charge in [-0.05, 0) is 30.2 Å². The van der Waals surface area contributed by atoms with Crippen LogP contribution in [-0.2, 0) is 7.05 Å². The number of aryl methyl sites for hydroxylation is 1. The number of nitrogens with zero attached hydrogens (tertiary/aromatic N) is 4. The van der Waals surface area contributed by atoms with Crippen LogP contribution in [0.25, 0.3) is 44.4 Å². The molecule has 0 saturated heterocycles. The minimum Gasteiger partial charge on any atom is -0.338 e. The van der Waals surface area contributed by atoms with Crippen LogP contribution < -0.4 is 5.32 Å². The number of nitrogens with one attached hydrogen (secondary N) is 1. The molecule has 1 aliphatic rings. The molecule has 1 N–H and O–H groups in total. The number of benzene rings is 3. The van der Waals surface area contributed by atoms with E-state index in [1.165, 1.54) is 11.1 Å². The fraction of sp³-hybridized carbons (Fsp3) is 0.0800. The van der Waals surface area contributed by atoms with Gasteiger partial charge in [0.15, 0.2) is 5.82 Å². The number of hydrogen-bond acceptors (Lipinski definition) is 4. The Morgan fingerprint density at radius 2 is 1.63 bits per heavy atom. The molecule has 0 aliphatic heterocycles. The summed E-state index contributed by atoms with van der Waals surface area (Å²) in [4.78, 5) is 4.41. The van der Waals surface area contributed by atoms with E-state index in [0.717, 1.165) is 50.6 Å². The van der Waals surface area contributed by atoms with Gasteiger partial charge in [-0.15, -0.1) is 10.2 Å². The first-order chi connectivity index (χ1) is 14.7. The maximum Gasteiger partial charge on any atom is 0.161 e. The molecule has 0 atom stereocenters. The molecule has 0 radical (unpaired) electrons. The number of anilines is 2. The Morgan fingerprint density at radius 1 is 0.833 bits per heavy atom. The Balaban J connectivity index is 1.45. The van der Waals surface area contributed by atoms with E-state index >= 15 is 0 Å². The highest BCUT2D eigenvalue weighted by molar-refractivity contribution is 6.16. The van der Waals surface area contributed by atoms with Crippen LogP contribution in [0.1, 0.15) is 5.82 Å². The van der Waals surface area contributed by atoms with Crippen LogP contribution in [-0.4, -0.2) is 19.7 Å². The Kier molecular flexibility index (Phi) is 3.53. The third kappa shape index (κ3) is 2.38. The summed E-state index contributed by atoms with van der Waals surface area (Å²) in [5.74, 6) is 1.75. The Bertz CT molecular complexity index is 1420. The highest BCUT2D eigenvalue weighted by atomic mass is 15.2. The van der Waals surface area contributed by atoms with E-state index in [4.69, 9.17) is 0 Å². The van der Waals surface area contributed by atoms with Crippen LogP contribution in [0.4, 0.5) is 11.5 Å². The van der Waals surface area contributed by atoms with Crippen molar-refractivity contribution >= 4 is 22.3 Å². The summed E-state index contributed by atoms with van der Waals surface area (Å²) >= 11 is 0. The van der Waals surface area contributed by atoms with E-state index in [2.05, 4.69) is 79.7 Å². The highest BCUT2D eigenvalue weighted by Crippen LogP contribution is 2.46. The second kappa shape index (κ2) is 6.26. The van der Waals surface area contributed by atoms with Crippen molar-refractivity contribution in [2.24, 2.45) is 7.05 Å². The fourth-order valence-electron chi connectivity index (χ4n) is 4.30. The summed E-state index contributed by atoms with van der Waals surface area (Å²) in [6.45, 7) is 2.01. The summed E-state index contributed by atoms with van der Waals surface area (Å²) in [5, 5.41) is 14.9. The minimum atomic E-state index is 0.766. The lowest BCUT2D eigenvalue weighted by Crippen LogP contribution is -1.99. The van der Waals surface area contributed by atoms with Gasteiger partial charge in [0.1, 0.15) is 11.5 Å². The predicted molar refractivity (Wildman–Crippen MR) is 121 cm³/mol. The van der Waals surface area contributed by atoms with Crippen molar-refractivity contribution in [1.82, 2.24) is 19.7 Å². The summed E-state index contributed by atoms with van der Waals surface area (Å²) in [7, 11) is 2.03. The normalized spacial score (nSPS) is 11.7. The van der Waals surface area contributed by atoms with E-state index in [-0.39, 0.29) is 0 Å². The lowest BCUT2D eigenvalue weighted by molar-refractivity contribution is 0.865. The number of rotatable bonds is 3. The average molecular weight is 389 g/mol. The van der Waals surface area contributed by atoms with Crippen molar-refractivity contribution in [3.63, 3.8) is 0 Å². The Morgan fingerprint density at radius 3 is 2.47 bits per heavy atom. The van der Waals surface area contributed by atoms with Crippen molar-refractivity contribution in [2.45, 2.75) is 6.92 Å². The quantitative estimate of drug-likeness (QED) is 0.420. The first-order valence-corrected chi connectivity index (χ1v) is 9.95. The van der Waals surface area contributed by atoms with Crippen molar-refractivity contribution in [3.05, 3.63) is 78.8 Å². The number of imidazole rings is 1. The molecule has 2 heterocycles. The topological polar surface area (TPSA) is 55.6 Å². The van der Waals surface area contributed by atoms with Crippen molar-refractivity contribution in [3.8, 4) is 33.6 Å². The zero-order valence-electron chi connectivity index (χ0n) is 16.7. The number of aromatic nitrogens is 4. The Labute approximate surface area is 174 Å². The summed E-state index contributed by atoms with van der Waals surface area (Å²) < 4.78 is 2.09. The molecule has 5 heteroatoms. The van der Waals surface area contributed by atoms with Crippen LogP contribution in [0.3, 0.4) is 0 Å². The van der Waals surface area contributed by atoms with Crippen LogP contribution in [0, 0.1) is 6.92 Å². The molecule has 2 aromatic heterocycles. The van der Waals surface area contributed by atoms with Crippen molar-refractivity contribution in [1.29, 1.82) is 0 Å². The maximum absolute atomic E-state index is 4.59. The smallest absolute Gasteiger partial charge is 0.161 e. The van der Waals surface area contributed by atoms with Crippen molar-refractivity contribution in [2.75, 3.05) is 5.32 Å². The van der Waals surface area contributed by atoms with E-state index in [1.54, 1.807) is 0 Å². The molecule has 0 fully saturated rings. The van der Waals surface area contributed by atoms with Crippen molar-refractivity contribution < 1.29 is 0 Å². The molecule has 5 nitrogen and oxygen atoms in total. The van der Waals surface area contributed by atoms with Gasteiger partial charge in [0.05, 0.1) is 11.9 Å². The molecule has 5 aromatic rings. The third-order valence-electron chi connectivity index (χ3n) is 5.92. The standard InChI is InChI=1S/C25H19N5/c1-15-26-14-22(30(15)2)16-7-5-8-17(13-16)27-25-21-12-6-11-19-18-9-3-4-10-20(18)24(23(19)21)28-29-25/h3-14H,1-2H3,(H,27,29). The van der Waals surface area contributed by atoms with Gasteiger partial charge < -0.3 is 9.88 Å². The third-order valence-corrected chi connectivity index (χ3v) is 5.92. The first kappa shape index (κ1) is 16.9. The molecular formula is C25H19N5. The van der Waals surface area contributed by atoms with Crippen LogP contribution >= 0.6 is 0 Å². The first-order valence-electron chi connectivity index (χ1n) is 9.95. The van der Waals surface area contributed by atoms with E-state index < -0.39 is 0 Å². The molecule has 6 rings (SSSR count). The summed E-state index contributed by atoms with van der Waals surface area (Å²) in [5.41, 5.74) is 7.70. The minimum absolute atomic E-state index is 0.766. The zero-order valence-corrected chi connectivity index (χ0v) is 16.7.